The van der Waals surface area contributed by atoms with Gasteiger partial charge in [0.25, 0.3) is 5.69 Å². The highest BCUT2D eigenvalue weighted by molar-refractivity contribution is 5.83. The number of likely N-dealkylation sites (tertiary alicyclic amines) is 1. The highest BCUT2D eigenvalue weighted by atomic mass is 19.1. The van der Waals surface area contributed by atoms with E-state index < -0.39 is 29.1 Å². The second-order valence-electron chi connectivity index (χ2n) is 6.64. The van der Waals surface area contributed by atoms with Crippen LogP contribution >= 0.6 is 0 Å². The third-order valence-electron chi connectivity index (χ3n) is 4.53. The highest BCUT2D eigenvalue weighted by Gasteiger charge is 2.37. The molecule has 1 fully saturated rings. The number of nitrogens with zero attached hydrogens (tertiary/aromatic N) is 4. The van der Waals surface area contributed by atoms with Gasteiger partial charge in [-0.1, -0.05) is 12.1 Å². The second-order valence-corrected chi connectivity index (χ2v) is 6.64. The smallest absolute Gasteiger partial charge is 0.287 e. The van der Waals surface area contributed by atoms with Gasteiger partial charge in [0.1, 0.15) is 24.2 Å². The minimum Gasteiger partial charge on any atom is -0.439 e. The van der Waals surface area contributed by atoms with Crippen molar-refractivity contribution in [3.05, 3.63) is 58.3 Å². The van der Waals surface area contributed by atoms with Gasteiger partial charge in [-0.15, -0.1) is 0 Å². The van der Waals surface area contributed by atoms with E-state index in [1.165, 1.54) is 17.0 Å². The molecular weight excluding hydrogens is 381 g/mol. The number of hydrogen-bond donors (Lipinski definition) is 1. The van der Waals surface area contributed by atoms with Gasteiger partial charge in [0.2, 0.25) is 11.8 Å². The third kappa shape index (κ3) is 4.83. The molecule has 0 aliphatic carbocycles. The van der Waals surface area contributed by atoms with Crippen molar-refractivity contribution in [2.24, 2.45) is 5.73 Å². The van der Waals surface area contributed by atoms with Gasteiger partial charge in [-0.3, -0.25) is 14.9 Å². The Morgan fingerprint density at radius 1 is 1.41 bits per heavy atom. The Balaban J connectivity index is 1.59. The van der Waals surface area contributed by atoms with Crippen molar-refractivity contribution in [3.63, 3.8) is 0 Å². The first-order valence-corrected chi connectivity index (χ1v) is 8.84. The molecule has 10 heteroatoms. The van der Waals surface area contributed by atoms with Crippen LogP contribution in [0.2, 0.25) is 0 Å². The predicted octanol–water partition coefficient (Wildman–Crippen LogP) is 2.11. The molecule has 2 aromatic rings. The van der Waals surface area contributed by atoms with Gasteiger partial charge in [0.15, 0.2) is 0 Å². The number of ether oxygens (including phenoxy) is 1. The molecule has 9 nitrogen and oxygen atoms in total. The lowest BCUT2D eigenvalue weighted by Gasteiger charge is -2.23. The standard InChI is InChI=1S/C19H18FN5O4/c20-13-8-15(9-21)24(11-13)19(26)17(22)7-12-1-4-16(5-2-12)29-18-6-3-14(10-23-18)25(27)28/h1-6,10,13,15,17H,7-8,11,22H2/t13-,15?,17?/m0/s1. The lowest BCUT2D eigenvalue weighted by Crippen LogP contribution is -2.46. The van der Waals surface area contributed by atoms with Crippen molar-refractivity contribution in [1.29, 1.82) is 5.26 Å². The molecule has 1 aliphatic heterocycles. The number of rotatable bonds is 6. The van der Waals surface area contributed by atoms with Gasteiger partial charge in [0.05, 0.1) is 23.6 Å². The van der Waals surface area contributed by atoms with Crippen LogP contribution in [0.3, 0.4) is 0 Å². The molecule has 3 rings (SSSR count). The Kier molecular flexibility index (Phi) is 5.99. The summed E-state index contributed by atoms with van der Waals surface area (Å²) < 4.78 is 19.0. The van der Waals surface area contributed by atoms with E-state index >= 15 is 0 Å². The summed E-state index contributed by atoms with van der Waals surface area (Å²) in [6.07, 6.45) is 0.127. The summed E-state index contributed by atoms with van der Waals surface area (Å²) in [5.74, 6) is 0.207. The molecule has 0 spiro atoms. The maximum atomic E-state index is 13.5. The molecule has 2 N–H and O–H groups in total. The second kappa shape index (κ2) is 8.62. The van der Waals surface area contributed by atoms with Crippen LogP contribution in [-0.4, -0.2) is 45.5 Å². The number of benzene rings is 1. The van der Waals surface area contributed by atoms with E-state index in [-0.39, 0.29) is 31.0 Å². The van der Waals surface area contributed by atoms with Gasteiger partial charge in [-0.25, -0.2) is 9.37 Å². The van der Waals surface area contributed by atoms with Crippen LogP contribution in [0.1, 0.15) is 12.0 Å². The maximum Gasteiger partial charge on any atom is 0.287 e. The molecule has 150 valence electrons. The first-order chi connectivity index (χ1) is 13.9. The molecule has 1 aromatic carbocycles. The minimum absolute atomic E-state index is 0.0116. The number of carbonyl (C=O) groups is 1. The summed E-state index contributed by atoms with van der Waals surface area (Å²) >= 11 is 0. The molecule has 0 radical (unpaired) electrons. The number of amides is 1. The number of alkyl halides is 1. The lowest BCUT2D eigenvalue weighted by atomic mass is 10.1. The molecule has 29 heavy (non-hydrogen) atoms. The largest absolute Gasteiger partial charge is 0.439 e. The molecule has 1 saturated heterocycles. The number of nitriles is 1. The Morgan fingerprint density at radius 3 is 2.72 bits per heavy atom. The van der Waals surface area contributed by atoms with E-state index in [9.17, 15) is 19.3 Å². The quantitative estimate of drug-likeness (QED) is 0.580. The molecule has 2 heterocycles. The number of nitro groups is 1. The molecule has 0 bridgehead atoms. The maximum absolute atomic E-state index is 13.5. The summed E-state index contributed by atoms with van der Waals surface area (Å²) in [4.78, 5) is 27.6. The van der Waals surface area contributed by atoms with Gasteiger partial charge >= 0.3 is 0 Å². The predicted molar refractivity (Wildman–Crippen MR) is 99.7 cm³/mol. The first-order valence-electron chi connectivity index (χ1n) is 8.84. The van der Waals surface area contributed by atoms with Crippen LogP contribution in [0.4, 0.5) is 10.1 Å². The number of halogens is 1. The van der Waals surface area contributed by atoms with Gasteiger partial charge < -0.3 is 15.4 Å². The van der Waals surface area contributed by atoms with Crippen LogP contribution in [0, 0.1) is 21.4 Å². The third-order valence-corrected chi connectivity index (χ3v) is 4.53. The van der Waals surface area contributed by atoms with E-state index in [0.29, 0.717) is 5.75 Å². The summed E-state index contributed by atoms with van der Waals surface area (Å²) in [7, 11) is 0. The summed E-state index contributed by atoms with van der Waals surface area (Å²) in [5.41, 5.74) is 6.60. The van der Waals surface area contributed by atoms with E-state index in [1.54, 1.807) is 24.3 Å². The number of pyridine rings is 1. The van der Waals surface area contributed by atoms with E-state index in [0.717, 1.165) is 11.8 Å². The molecule has 1 aliphatic rings. The molecule has 3 atom stereocenters. The summed E-state index contributed by atoms with van der Waals surface area (Å²) in [5, 5.41) is 19.7. The molecule has 2 unspecified atom stereocenters. The Bertz CT molecular complexity index is 929. The fourth-order valence-corrected chi connectivity index (χ4v) is 3.06. The fourth-order valence-electron chi connectivity index (χ4n) is 3.06. The monoisotopic (exact) mass is 399 g/mol. The first kappa shape index (κ1) is 20.2. The normalized spacial score (nSPS) is 19.4. The summed E-state index contributed by atoms with van der Waals surface area (Å²) in [6.45, 7) is -0.111. The van der Waals surface area contributed by atoms with Crippen molar-refractivity contribution in [3.8, 4) is 17.7 Å². The van der Waals surface area contributed by atoms with Crippen LogP contribution in [0.25, 0.3) is 0 Å². The lowest BCUT2D eigenvalue weighted by molar-refractivity contribution is -0.385. The highest BCUT2D eigenvalue weighted by Crippen LogP contribution is 2.23. The van der Waals surface area contributed by atoms with Crippen LogP contribution < -0.4 is 10.5 Å². The SMILES string of the molecule is N#CC1C[C@H](F)CN1C(=O)C(N)Cc1ccc(Oc2ccc([N+](=O)[O-])cn2)cc1. The average molecular weight is 399 g/mol. The number of aromatic nitrogens is 1. The van der Waals surface area contributed by atoms with Crippen molar-refractivity contribution in [2.75, 3.05) is 6.54 Å². The fraction of sp³-hybridized carbons (Fsp3) is 0.316. The van der Waals surface area contributed by atoms with Crippen LogP contribution in [-0.2, 0) is 11.2 Å². The Labute approximate surface area is 165 Å². The topological polar surface area (TPSA) is 135 Å². The Hall–Kier alpha value is -3.58. The molecule has 1 amide bonds. The zero-order chi connectivity index (χ0) is 21.0. The number of hydrogen-bond acceptors (Lipinski definition) is 7. The van der Waals surface area contributed by atoms with Crippen molar-refractivity contribution >= 4 is 11.6 Å². The van der Waals surface area contributed by atoms with Gasteiger partial charge in [0, 0.05) is 18.6 Å². The average Bonchev–Trinajstić information content (AvgIpc) is 3.10. The molecular formula is C19H18FN5O4. The molecule has 1 aromatic heterocycles. The van der Waals surface area contributed by atoms with E-state index in [1.807, 2.05) is 6.07 Å². The summed E-state index contributed by atoms with van der Waals surface area (Å²) in [6, 6.07) is 9.69. The van der Waals surface area contributed by atoms with E-state index in [2.05, 4.69) is 4.98 Å². The van der Waals surface area contributed by atoms with Crippen molar-refractivity contribution in [1.82, 2.24) is 9.88 Å². The minimum atomic E-state index is -1.21. The number of nitrogens with two attached hydrogens (primary N) is 1. The van der Waals surface area contributed by atoms with Crippen LogP contribution in [0.15, 0.2) is 42.6 Å². The van der Waals surface area contributed by atoms with Crippen LogP contribution in [0.5, 0.6) is 11.6 Å². The van der Waals surface area contributed by atoms with Crippen molar-refractivity contribution < 1.29 is 18.8 Å². The molecule has 0 saturated carbocycles. The van der Waals surface area contributed by atoms with Gasteiger partial charge in [-0.05, 0) is 24.1 Å². The number of carbonyl (C=O) groups excluding carboxylic acids is 1. The zero-order valence-electron chi connectivity index (χ0n) is 15.3. The Morgan fingerprint density at radius 2 is 2.14 bits per heavy atom. The van der Waals surface area contributed by atoms with Crippen molar-refractivity contribution in [2.45, 2.75) is 31.1 Å². The van der Waals surface area contributed by atoms with Gasteiger partial charge in [-0.2, -0.15) is 5.26 Å². The zero-order valence-corrected chi connectivity index (χ0v) is 15.3. The van der Waals surface area contributed by atoms with E-state index in [4.69, 9.17) is 15.7 Å².